The lowest BCUT2D eigenvalue weighted by atomic mass is 10.1. The molecule has 0 aliphatic rings. The Balaban J connectivity index is 3.70. The largest absolute Gasteiger partial charge is 0.161 e. The predicted octanol–water partition coefficient (Wildman–Crippen LogP) is 3.54. The molecule has 0 aromatic rings. The second-order valence-corrected chi connectivity index (χ2v) is 9.10. The fourth-order valence-electron chi connectivity index (χ4n) is 0.820. The fraction of sp³-hybridized carbons (Fsp3) is 1.00. The first-order valence-corrected chi connectivity index (χ1v) is 6.54. The predicted molar refractivity (Wildman–Crippen MR) is 69.1 cm³/mol. The fourth-order valence-corrected chi connectivity index (χ4v) is 2.87. The Morgan fingerprint density at radius 1 is 1.00 bits per heavy atom. The summed E-state index contributed by atoms with van der Waals surface area (Å²) in [6.45, 7) is 13.3. The van der Waals surface area contributed by atoms with Crippen LogP contribution in [0.5, 0.6) is 0 Å². The third-order valence-corrected chi connectivity index (χ3v) is 3.96. The van der Waals surface area contributed by atoms with Crippen molar-refractivity contribution in [2.45, 2.75) is 56.2 Å². The number of rotatable bonds is 3. The van der Waals surface area contributed by atoms with E-state index in [0.717, 1.165) is 5.75 Å². The van der Waals surface area contributed by atoms with Gasteiger partial charge in [-0.1, -0.05) is 41.5 Å². The zero-order valence-corrected chi connectivity index (χ0v) is 11.3. The van der Waals surface area contributed by atoms with Gasteiger partial charge in [-0.05, 0) is 10.9 Å². The first-order chi connectivity index (χ1) is 5.60. The second kappa shape index (κ2) is 5.02. The summed E-state index contributed by atoms with van der Waals surface area (Å²) >= 11 is 3.79. The van der Waals surface area contributed by atoms with Crippen molar-refractivity contribution >= 4 is 31.4 Å². The summed E-state index contributed by atoms with van der Waals surface area (Å²) < 4.78 is 0.605. The number of hydrogen-bond donors (Lipinski definition) is 0. The minimum absolute atomic E-state index is 0.254. The van der Waals surface area contributed by atoms with Crippen LogP contribution in [0.15, 0.2) is 0 Å². The average Bonchev–Trinajstić information content (AvgIpc) is 1.78. The van der Waals surface area contributed by atoms with Crippen LogP contribution < -0.4 is 0 Å². The van der Waals surface area contributed by atoms with E-state index in [2.05, 4.69) is 41.5 Å². The summed E-state index contributed by atoms with van der Waals surface area (Å²) in [7, 11) is 6.01. The SMILES string of the molecule is [B]C(CSC(C)(C)C)SC(C)(C)C. The summed E-state index contributed by atoms with van der Waals surface area (Å²) in [4.78, 5) is 0. The van der Waals surface area contributed by atoms with Crippen molar-refractivity contribution in [2.24, 2.45) is 0 Å². The third kappa shape index (κ3) is 10.7. The first kappa shape index (κ1) is 13.8. The molecule has 0 saturated heterocycles. The van der Waals surface area contributed by atoms with Gasteiger partial charge in [-0.15, -0.1) is 0 Å². The maximum atomic E-state index is 6.01. The van der Waals surface area contributed by atoms with E-state index in [0.29, 0.717) is 4.75 Å². The van der Waals surface area contributed by atoms with Crippen LogP contribution in [-0.4, -0.2) is 28.2 Å². The molecular weight excluding hydrogens is 195 g/mol. The highest BCUT2D eigenvalue weighted by atomic mass is 32.2. The van der Waals surface area contributed by atoms with E-state index < -0.39 is 0 Å². The summed E-state index contributed by atoms with van der Waals surface area (Å²) in [5.74, 6) is 1.03. The molecule has 0 aromatic heterocycles. The van der Waals surface area contributed by atoms with Gasteiger partial charge in [0.25, 0.3) is 0 Å². The first-order valence-electron chi connectivity index (χ1n) is 4.67. The lowest BCUT2D eigenvalue weighted by molar-refractivity contribution is 0.796. The van der Waals surface area contributed by atoms with Gasteiger partial charge in [0.15, 0.2) is 0 Å². The van der Waals surface area contributed by atoms with Gasteiger partial charge in [0.2, 0.25) is 0 Å². The van der Waals surface area contributed by atoms with Crippen LogP contribution in [0.1, 0.15) is 41.5 Å². The van der Waals surface area contributed by atoms with Crippen LogP contribution >= 0.6 is 23.5 Å². The number of hydrogen-bond acceptors (Lipinski definition) is 2. The van der Waals surface area contributed by atoms with E-state index in [1.54, 1.807) is 0 Å². The molecule has 0 fully saturated rings. The quantitative estimate of drug-likeness (QED) is 0.662. The van der Waals surface area contributed by atoms with Crippen molar-refractivity contribution in [2.75, 3.05) is 5.75 Å². The molecule has 76 valence electrons. The monoisotopic (exact) mass is 216 g/mol. The highest BCUT2D eigenvalue weighted by Crippen LogP contribution is 2.31. The highest BCUT2D eigenvalue weighted by Gasteiger charge is 2.18. The minimum Gasteiger partial charge on any atom is -0.161 e. The molecule has 13 heavy (non-hydrogen) atoms. The normalized spacial score (nSPS) is 15.8. The minimum atomic E-state index is 0.254. The Hall–Kier alpha value is 0.765. The highest BCUT2D eigenvalue weighted by molar-refractivity contribution is 8.05. The van der Waals surface area contributed by atoms with E-state index in [1.807, 2.05) is 23.5 Å². The molecule has 1 unspecified atom stereocenters. The summed E-state index contributed by atoms with van der Waals surface area (Å²) in [5, 5.41) is 0.254. The van der Waals surface area contributed by atoms with Crippen molar-refractivity contribution in [1.29, 1.82) is 0 Å². The van der Waals surface area contributed by atoms with Crippen molar-refractivity contribution in [3.8, 4) is 0 Å². The molecule has 0 aliphatic carbocycles. The van der Waals surface area contributed by atoms with Crippen LogP contribution in [0.4, 0.5) is 0 Å². The van der Waals surface area contributed by atoms with E-state index in [4.69, 9.17) is 7.85 Å². The molecule has 0 bridgehead atoms. The van der Waals surface area contributed by atoms with Gasteiger partial charge in [0.05, 0.1) is 7.85 Å². The van der Waals surface area contributed by atoms with E-state index >= 15 is 0 Å². The molecule has 0 spiro atoms. The molecule has 1 atom stereocenters. The molecule has 0 N–H and O–H groups in total. The van der Waals surface area contributed by atoms with Crippen LogP contribution in [0, 0.1) is 0 Å². The van der Waals surface area contributed by atoms with E-state index in [1.165, 1.54) is 0 Å². The van der Waals surface area contributed by atoms with Crippen LogP contribution in [0.3, 0.4) is 0 Å². The van der Waals surface area contributed by atoms with Gasteiger partial charge in [-0.3, -0.25) is 0 Å². The molecule has 0 amide bonds. The van der Waals surface area contributed by atoms with Crippen LogP contribution in [-0.2, 0) is 0 Å². The third-order valence-electron chi connectivity index (χ3n) is 1.19. The van der Waals surface area contributed by atoms with Gasteiger partial charge in [0, 0.05) is 9.49 Å². The molecule has 0 rings (SSSR count). The summed E-state index contributed by atoms with van der Waals surface area (Å²) in [5.41, 5.74) is 0. The molecule has 0 aromatic carbocycles. The Morgan fingerprint density at radius 3 is 1.77 bits per heavy atom. The van der Waals surface area contributed by atoms with Crippen LogP contribution in [0.25, 0.3) is 0 Å². The van der Waals surface area contributed by atoms with Crippen molar-refractivity contribution in [1.82, 2.24) is 0 Å². The van der Waals surface area contributed by atoms with Gasteiger partial charge < -0.3 is 0 Å². The van der Waals surface area contributed by atoms with Gasteiger partial charge in [0.1, 0.15) is 0 Å². The zero-order valence-electron chi connectivity index (χ0n) is 9.68. The average molecular weight is 216 g/mol. The molecule has 0 heterocycles. The van der Waals surface area contributed by atoms with Gasteiger partial charge >= 0.3 is 0 Å². The maximum Gasteiger partial charge on any atom is 0.0857 e. The van der Waals surface area contributed by atoms with E-state index in [-0.39, 0.29) is 9.90 Å². The molecule has 0 nitrogen and oxygen atoms in total. The number of thioether (sulfide) groups is 2. The Kier molecular flexibility index (Phi) is 5.31. The van der Waals surface area contributed by atoms with Crippen molar-refractivity contribution < 1.29 is 0 Å². The lowest BCUT2D eigenvalue weighted by Crippen LogP contribution is -2.20. The zero-order chi connectivity index (χ0) is 10.7. The smallest absolute Gasteiger partial charge is 0.0857 e. The molecule has 0 aliphatic heterocycles. The van der Waals surface area contributed by atoms with Crippen LogP contribution in [0.2, 0.25) is 0 Å². The molecule has 0 saturated carbocycles. The Bertz CT molecular complexity index is 144. The molecule has 3 heteroatoms. The van der Waals surface area contributed by atoms with E-state index in [9.17, 15) is 0 Å². The van der Waals surface area contributed by atoms with Crippen molar-refractivity contribution in [3.63, 3.8) is 0 Å². The molecule has 2 radical (unpaired) electrons. The van der Waals surface area contributed by atoms with Gasteiger partial charge in [-0.25, -0.2) is 0 Å². The lowest BCUT2D eigenvalue weighted by Gasteiger charge is -2.26. The summed E-state index contributed by atoms with van der Waals surface area (Å²) in [6, 6.07) is 0. The maximum absolute atomic E-state index is 6.01. The topological polar surface area (TPSA) is 0 Å². The van der Waals surface area contributed by atoms with Crippen molar-refractivity contribution in [3.05, 3.63) is 0 Å². The second-order valence-electron chi connectivity index (χ2n) is 5.19. The van der Waals surface area contributed by atoms with Gasteiger partial charge in [-0.2, -0.15) is 23.5 Å². The molecular formula is C10H21BS2. The summed E-state index contributed by atoms with van der Waals surface area (Å²) in [6.07, 6.45) is 0. The standard InChI is InChI=1S/C10H21BS2/c1-9(2,3)12-7-8(11)13-10(4,5)6/h8H,7H2,1-6H3. The Morgan fingerprint density at radius 2 is 1.46 bits per heavy atom. The Labute approximate surface area is 93.4 Å².